The van der Waals surface area contributed by atoms with Crippen molar-refractivity contribution in [1.29, 1.82) is 0 Å². The number of nitrogens with zero attached hydrogens (tertiary/aromatic N) is 3. The average molecular weight is 530 g/mol. The summed E-state index contributed by atoms with van der Waals surface area (Å²) in [4.78, 5) is 20.3. The molecule has 1 aromatic heterocycles. The highest BCUT2D eigenvalue weighted by atomic mass is 32.2. The number of rotatable bonds is 7. The summed E-state index contributed by atoms with van der Waals surface area (Å²) in [6.07, 6.45) is -1.19. The van der Waals surface area contributed by atoms with Gasteiger partial charge in [-0.2, -0.15) is 13.2 Å². The molecular formula is C23H24F5N5O2S. The van der Waals surface area contributed by atoms with Gasteiger partial charge >= 0.3 is 6.18 Å². The number of ether oxygens (including phenoxy) is 1. The van der Waals surface area contributed by atoms with Crippen LogP contribution in [0.1, 0.15) is 13.8 Å². The number of anilines is 2. The smallest absolute Gasteiger partial charge is 0.408 e. The molecule has 0 unspecified atom stereocenters. The fourth-order valence-corrected chi connectivity index (χ4v) is 3.72. The zero-order valence-corrected chi connectivity index (χ0v) is 20.6. The molecule has 13 heteroatoms. The fourth-order valence-electron chi connectivity index (χ4n) is 3.04. The molecule has 2 N–H and O–H groups in total. The molecule has 0 bridgehead atoms. The molecule has 0 radical (unpaired) electrons. The number of amides is 1. The second-order valence-electron chi connectivity index (χ2n) is 8.41. The number of carbonyl (C=O) groups is 1. The largest absolute Gasteiger partial charge is 0.479 e. The second-order valence-corrected chi connectivity index (χ2v) is 11.6. The first-order valence-corrected chi connectivity index (χ1v) is 13.1. The maximum atomic E-state index is 15.1. The Hall–Kier alpha value is -3.48. The lowest BCUT2D eigenvalue weighted by Crippen LogP contribution is -2.47. The number of alkyl halides is 3. The zero-order chi connectivity index (χ0) is 26.8. The highest BCUT2D eigenvalue weighted by Gasteiger charge is 2.38. The third-order valence-corrected chi connectivity index (χ3v) is 5.45. The van der Waals surface area contributed by atoms with Gasteiger partial charge in [-0.1, -0.05) is 5.87 Å². The van der Waals surface area contributed by atoms with E-state index in [-0.39, 0.29) is 28.2 Å². The summed E-state index contributed by atoms with van der Waals surface area (Å²) in [6, 6.07) is 3.96. The van der Waals surface area contributed by atoms with Gasteiger partial charge in [0.25, 0.3) is 5.91 Å². The molecular weight excluding hydrogens is 505 g/mol. The van der Waals surface area contributed by atoms with E-state index in [1.165, 1.54) is 25.4 Å². The van der Waals surface area contributed by atoms with Crippen LogP contribution in [0.25, 0.3) is 10.9 Å². The molecule has 1 heterocycles. The van der Waals surface area contributed by atoms with Crippen molar-refractivity contribution in [3.63, 3.8) is 0 Å². The first kappa shape index (κ1) is 27.1. The normalized spacial score (nSPS) is 13.7. The lowest BCUT2D eigenvalue weighted by atomic mass is 10.2. The topological polar surface area (TPSA) is 88.5 Å². The van der Waals surface area contributed by atoms with E-state index < -0.39 is 45.3 Å². The van der Waals surface area contributed by atoms with Crippen molar-refractivity contribution in [3.05, 3.63) is 48.3 Å². The second kappa shape index (κ2) is 10.2. The summed E-state index contributed by atoms with van der Waals surface area (Å²) in [5, 5.41) is 4.64. The molecule has 0 spiro atoms. The van der Waals surface area contributed by atoms with Gasteiger partial charge in [-0.15, -0.1) is 9.41 Å². The number of fused-ring (bicyclic) bond motifs is 1. The van der Waals surface area contributed by atoms with Gasteiger partial charge in [0.05, 0.1) is 22.3 Å². The van der Waals surface area contributed by atoms with Crippen molar-refractivity contribution in [2.75, 3.05) is 17.8 Å². The molecule has 0 aliphatic carbocycles. The van der Waals surface area contributed by atoms with Crippen LogP contribution in [-0.4, -0.2) is 52.6 Å². The van der Waals surface area contributed by atoms with E-state index in [4.69, 9.17) is 4.74 Å². The number of benzene rings is 2. The van der Waals surface area contributed by atoms with Gasteiger partial charge in [0.1, 0.15) is 35.6 Å². The van der Waals surface area contributed by atoms with Gasteiger partial charge in [0, 0.05) is 12.1 Å². The number of hydrogen-bond acceptors (Lipinski definition) is 6. The maximum Gasteiger partial charge on any atom is 0.408 e. The van der Waals surface area contributed by atoms with Crippen LogP contribution in [0, 0.1) is 11.6 Å². The Morgan fingerprint density at radius 1 is 1.14 bits per heavy atom. The first-order valence-electron chi connectivity index (χ1n) is 10.5. The predicted molar refractivity (Wildman–Crippen MR) is 131 cm³/mol. The van der Waals surface area contributed by atoms with E-state index in [9.17, 15) is 22.4 Å². The molecule has 3 rings (SSSR count). The molecule has 1 amide bonds. The highest BCUT2D eigenvalue weighted by Crippen LogP contribution is 2.34. The number of carbonyl (C=O) groups excluding carboxylic acids is 1. The summed E-state index contributed by atoms with van der Waals surface area (Å²) < 4.78 is 77.1. The van der Waals surface area contributed by atoms with Gasteiger partial charge in [-0.3, -0.25) is 4.79 Å². The van der Waals surface area contributed by atoms with Crippen molar-refractivity contribution in [1.82, 2.24) is 15.3 Å². The van der Waals surface area contributed by atoms with Crippen LogP contribution < -0.4 is 15.4 Å². The Bertz CT molecular complexity index is 1410. The monoisotopic (exact) mass is 529 g/mol. The van der Waals surface area contributed by atoms with E-state index in [0.29, 0.717) is 5.69 Å². The van der Waals surface area contributed by atoms with Crippen molar-refractivity contribution in [3.8, 4) is 5.75 Å². The van der Waals surface area contributed by atoms with Gasteiger partial charge < -0.3 is 15.4 Å². The molecule has 2 aromatic carbocycles. The minimum Gasteiger partial charge on any atom is -0.479 e. The molecule has 0 fully saturated rings. The molecule has 36 heavy (non-hydrogen) atoms. The van der Waals surface area contributed by atoms with Crippen LogP contribution in [0.15, 0.2) is 41.0 Å². The molecule has 7 nitrogen and oxygen atoms in total. The summed E-state index contributed by atoms with van der Waals surface area (Å²) >= 11 is 0. The first-order chi connectivity index (χ1) is 16.6. The quantitative estimate of drug-likeness (QED) is 0.327. The number of nitrogens with one attached hydrogen (secondary N) is 2. The van der Waals surface area contributed by atoms with Crippen molar-refractivity contribution in [2.45, 2.75) is 32.2 Å². The summed E-state index contributed by atoms with van der Waals surface area (Å²) in [7, 11) is -1.56. The summed E-state index contributed by atoms with van der Waals surface area (Å²) in [6.45, 7) is 2.00. The van der Waals surface area contributed by atoms with E-state index in [2.05, 4.69) is 25.5 Å². The molecule has 0 aliphatic heterocycles. The van der Waals surface area contributed by atoms with Gasteiger partial charge in [0.15, 0.2) is 6.10 Å². The minimum atomic E-state index is -4.64. The lowest BCUT2D eigenvalue weighted by Gasteiger charge is -2.21. The number of hydrogen-bond donors (Lipinski definition) is 2. The van der Waals surface area contributed by atoms with Crippen molar-refractivity contribution >= 4 is 49.3 Å². The van der Waals surface area contributed by atoms with Crippen LogP contribution in [0.3, 0.4) is 0 Å². The van der Waals surface area contributed by atoms with E-state index >= 15 is 4.39 Å². The zero-order valence-electron chi connectivity index (χ0n) is 19.8. The Balaban J connectivity index is 1.93. The van der Waals surface area contributed by atoms with E-state index in [0.717, 1.165) is 19.1 Å². The maximum absolute atomic E-state index is 15.1. The molecule has 3 aromatic rings. The van der Waals surface area contributed by atoms with Crippen LogP contribution >= 0.6 is 0 Å². The van der Waals surface area contributed by atoms with Crippen LogP contribution in [0.5, 0.6) is 5.75 Å². The number of halogens is 5. The third kappa shape index (κ3) is 6.80. The lowest BCUT2D eigenvalue weighted by molar-refractivity contribution is -0.160. The molecule has 194 valence electrons. The Morgan fingerprint density at radius 3 is 2.47 bits per heavy atom. The predicted octanol–water partition coefficient (Wildman–Crippen LogP) is 5.15. The molecule has 0 saturated carbocycles. The molecule has 0 saturated heterocycles. The van der Waals surface area contributed by atoms with Crippen molar-refractivity contribution in [2.24, 2.45) is 4.36 Å². The average Bonchev–Trinajstić information content (AvgIpc) is 2.73. The van der Waals surface area contributed by atoms with Crippen molar-refractivity contribution < 1.29 is 31.5 Å². The SMILES string of the molecule is C=S(C)(C)=Nc1cc(F)c2c(Nc3ccc(F)cc3O[C@H](C)C(=O)N[C@@H](C)C(F)(F)F)ncnc2c1. The van der Waals surface area contributed by atoms with Crippen LogP contribution in [0.4, 0.5) is 39.1 Å². The van der Waals surface area contributed by atoms with Crippen LogP contribution in [-0.2, 0) is 14.2 Å². The molecule has 2 atom stereocenters. The van der Waals surface area contributed by atoms with Gasteiger partial charge in [-0.05, 0) is 44.6 Å². The fraction of sp³-hybridized carbons (Fsp3) is 0.304. The van der Waals surface area contributed by atoms with E-state index in [1.54, 1.807) is 11.4 Å². The summed E-state index contributed by atoms with van der Waals surface area (Å²) in [5.74, 6) is 1.32. The Kier molecular flexibility index (Phi) is 7.72. The minimum absolute atomic E-state index is 0.0181. The van der Waals surface area contributed by atoms with Gasteiger partial charge in [-0.25, -0.2) is 23.1 Å². The van der Waals surface area contributed by atoms with Gasteiger partial charge in [0.2, 0.25) is 0 Å². The highest BCUT2D eigenvalue weighted by molar-refractivity contribution is 8.01. The standard InChI is InChI=1S/C23H24F5N5O2S/c1-12(22(34)31-13(2)23(26,27)28)35-19-8-14(24)6-7-17(19)32-21-20-16(25)9-15(33-36(3,4)5)10-18(20)29-11-30-21/h6-13H,3H2,1-2,4-5H3,(H,31,34)(H,29,30,32)/t12-,13+/m1/s1. The third-order valence-electron chi connectivity index (χ3n) is 4.75. The number of aromatic nitrogens is 2. The summed E-state index contributed by atoms with van der Waals surface area (Å²) in [5.41, 5.74) is 0.697. The Labute approximate surface area is 204 Å². The molecule has 0 aliphatic rings. The van der Waals surface area contributed by atoms with Crippen LogP contribution in [0.2, 0.25) is 0 Å². The van der Waals surface area contributed by atoms with E-state index in [1.807, 2.05) is 12.5 Å². The Morgan fingerprint density at radius 2 is 1.83 bits per heavy atom.